The van der Waals surface area contributed by atoms with Gasteiger partial charge < -0.3 is 0 Å². The topological polar surface area (TPSA) is 46.6 Å². The molecule has 0 aromatic heterocycles. The number of aryl methyl sites for hydroxylation is 2. The number of benzene rings is 1. The van der Waals surface area contributed by atoms with Crippen molar-refractivity contribution in [1.29, 1.82) is 0 Å². The van der Waals surface area contributed by atoms with Crippen LogP contribution in [-0.2, 0) is 22.5 Å². The highest BCUT2D eigenvalue weighted by molar-refractivity contribution is 5.98. The number of hydrogen-bond acceptors (Lipinski definition) is 3. The van der Waals surface area contributed by atoms with E-state index in [1.165, 1.54) is 24.7 Å². The van der Waals surface area contributed by atoms with Crippen LogP contribution in [0.4, 0.5) is 0 Å². The van der Waals surface area contributed by atoms with Crippen LogP contribution < -0.4 is 0 Å². The second-order valence-electron chi connectivity index (χ2n) is 4.83. The smallest absolute Gasteiger partial charge is 0.246 e. The molecule has 1 aromatic carbocycles. The molecule has 1 aliphatic carbocycles. The Morgan fingerprint density at radius 2 is 1.95 bits per heavy atom. The van der Waals surface area contributed by atoms with Crippen LogP contribution in [0.25, 0.3) is 0 Å². The van der Waals surface area contributed by atoms with Crippen molar-refractivity contribution in [3.8, 4) is 0 Å². The molecule has 4 heteroatoms. The second kappa shape index (κ2) is 5.97. The number of hydroxylamine groups is 2. The summed E-state index contributed by atoms with van der Waals surface area (Å²) in [6.45, 7) is 0. The first-order chi connectivity index (χ1) is 9.11. The van der Waals surface area contributed by atoms with Crippen molar-refractivity contribution in [2.24, 2.45) is 0 Å². The van der Waals surface area contributed by atoms with Crippen LogP contribution in [0.3, 0.4) is 0 Å². The largest absolute Gasteiger partial charge is 0.294 e. The first-order valence-electron chi connectivity index (χ1n) is 6.57. The maximum absolute atomic E-state index is 12.0. The van der Waals surface area contributed by atoms with Gasteiger partial charge in [-0.15, -0.1) is 0 Å². The van der Waals surface area contributed by atoms with Crippen molar-refractivity contribution in [3.63, 3.8) is 0 Å². The maximum atomic E-state index is 12.0. The van der Waals surface area contributed by atoms with E-state index in [0.29, 0.717) is 5.56 Å². The van der Waals surface area contributed by atoms with Crippen molar-refractivity contribution in [3.05, 3.63) is 34.9 Å². The third-order valence-electron chi connectivity index (χ3n) is 3.61. The first-order valence-corrected chi connectivity index (χ1v) is 6.57. The fourth-order valence-corrected chi connectivity index (χ4v) is 2.37. The Hall–Kier alpha value is -1.68. The summed E-state index contributed by atoms with van der Waals surface area (Å²) in [5.74, 6) is -0.162. The van der Waals surface area contributed by atoms with Crippen LogP contribution in [0.1, 0.15) is 40.7 Å². The minimum atomic E-state index is -0.183. The molecular weight excluding hydrogens is 242 g/mol. The number of rotatable bonds is 5. The van der Waals surface area contributed by atoms with Gasteiger partial charge in [-0.25, -0.2) is 5.06 Å². The number of nitrogens with zero attached hydrogens (tertiary/aromatic N) is 1. The van der Waals surface area contributed by atoms with Gasteiger partial charge in [-0.05, 0) is 36.5 Å². The van der Waals surface area contributed by atoms with Crippen LogP contribution in [-0.4, -0.2) is 30.9 Å². The standard InChI is InChI=1S/C15H19NO3/c1-16(19-2)15(18)9-8-14(17)13-7-6-11-4-3-5-12(11)10-13/h6-7,10H,3-5,8-9H2,1-2H3. The number of carbonyl (C=O) groups excluding carboxylic acids is 2. The van der Waals surface area contributed by atoms with Crippen molar-refractivity contribution < 1.29 is 14.4 Å². The van der Waals surface area contributed by atoms with Gasteiger partial charge in [0, 0.05) is 25.5 Å². The zero-order valence-corrected chi connectivity index (χ0v) is 11.4. The van der Waals surface area contributed by atoms with E-state index in [9.17, 15) is 9.59 Å². The van der Waals surface area contributed by atoms with Gasteiger partial charge in [0.05, 0.1) is 7.11 Å². The van der Waals surface area contributed by atoms with Gasteiger partial charge in [-0.2, -0.15) is 0 Å². The van der Waals surface area contributed by atoms with E-state index in [2.05, 4.69) is 0 Å². The summed E-state index contributed by atoms with van der Waals surface area (Å²) < 4.78 is 0. The van der Waals surface area contributed by atoms with E-state index in [1.807, 2.05) is 18.2 Å². The monoisotopic (exact) mass is 261 g/mol. The Bertz CT molecular complexity index is 496. The highest BCUT2D eigenvalue weighted by Crippen LogP contribution is 2.23. The summed E-state index contributed by atoms with van der Waals surface area (Å²) in [5, 5.41) is 1.15. The molecule has 2 rings (SSSR count). The molecule has 0 saturated heterocycles. The molecule has 0 unspecified atom stereocenters. The summed E-state index contributed by atoms with van der Waals surface area (Å²) >= 11 is 0. The average Bonchev–Trinajstić information content (AvgIpc) is 2.90. The van der Waals surface area contributed by atoms with Gasteiger partial charge in [0.1, 0.15) is 0 Å². The van der Waals surface area contributed by atoms with E-state index in [1.54, 1.807) is 7.05 Å². The average molecular weight is 261 g/mol. The van der Waals surface area contributed by atoms with Crippen LogP contribution in [0.5, 0.6) is 0 Å². The molecule has 1 aliphatic rings. The molecule has 4 nitrogen and oxygen atoms in total. The van der Waals surface area contributed by atoms with Gasteiger partial charge in [0.15, 0.2) is 5.78 Å². The van der Waals surface area contributed by atoms with Gasteiger partial charge in [-0.3, -0.25) is 14.4 Å². The molecule has 0 saturated carbocycles. The highest BCUT2D eigenvalue weighted by atomic mass is 16.7. The lowest BCUT2D eigenvalue weighted by atomic mass is 10.0. The first kappa shape index (κ1) is 13.7. The van der Waals surface area contributed by atoms with Gasteiger partial charge >= 0.3 is 0 Å². The van der Waals surface area contributed by atoms with Crippen LogP contribution in [0.15, 0.2) is 18.2 Å². The van der Waals surface area contributed by atoms with E-state index >= 15 is 0 Å². The molecular formula is C15H19NO3. The zero-order chi connectivity index (χ0) is 13.8. The fourth-order valence-electron chi connectivity index (χ4n) is 2.37. The van der Waals surface area contributed by atoms with Crippen LogP contribution >= 0.6 is 0 Å². The highest BCUT2D eigenvalue weighted by Gasteiger charge is 2.15. The van der Waals surface area contributed by atoms with Crippen molar-refractivity contribution in [2.45, 2.75) is 32.1 Å². The Kier molecular flexibility index (Phi) is 4.32. The molecule has 19 heavy (non-hydrogen) atoms. The van der Waals surface area contributed by atoms with E-state index in [-0.39, 0.29) is 24.5 Å². The van der Waals surface area contributed by atoms with E-state index in [4.69, 9.17) is 4.84 Å². The minimum Gasteiger partial charge on any atom is -0.294 e. The Balaban J connectivity index is 1.95. The SMILES string of the molecule is CON(C)C(=O)CCC(=O)c1ccc2c(c1)CCC2. The zero-order valence-electron chi connectivity index (χ0n) is 11.4. The van der Waals surface area contributed by atoms with Crippen molar-refractivity contribution in [1.82, 2.24) is 5.06 Å². The quantitative estimate of drug-likeness (QED) is 0.602. The summed E-state index contributed by atoms with van der Waals surface area (Å²) in [6.07, 6.45) is 3.75. The van der Waals surface area contributed by atoms with Crippen molar-refractivity contribution >= 4 is 11.7 Å². The molecule has 0 N–H and O–H groups in total. The lowest BCUT2D eigenvalue weighted by molar-refractivity contribution is -0.168. The third kappa shape index (κ3) is 3.20. The molecule has 0 bridgehead atoms. The third-order valence-corrected chi connectivity index (χ3v) is 3.61. The van der Waals surface area contributed by atoms with Crippen molar-refractivity contribution in [2.75, 3.05) is 14.2 Å². The predicted molar refractivity (Wildman–Crippen MR) is 71.8 cm³/mol. The summed E-state index contributed by atoms with van der Waals surface area (Å²) in [5.41, 5.74) is 3.35. The van der Waals surface area contributed by atoms with Crippen LogP contribution in [0.2, 0.25) is 0 Å². The summed E-state index contributed by atoms with van der Waals surface area (Å²) in [7, 11) is 2.97. The molecule has 0 atom stereocenters. The Morgan fingerprint density at radius 3 is 2.68 bits per heavy atom. The number of ketones is 1. The van der Waals surface area contributed by atoms with Crippen LogP contribution in [0, 0.1) is 0 Å². The lowest BCUT2D eigenvalue weighted by Crippen LogP contribution is -2.25. The van der Waals surface area contributed by atoms with E-state index < -0.39 is 0 Å². The molecule has 0 radical (unpaired) electrons. The van der Waals surface area contributed by atoms with Gasteiger partial charge in [0.25, 0.3) is 0 Å². The molecule has 0 fully saturated rings. The predicted octanol–water partition coefficient (Wildman–Crippen LogP) is 2.16. The second-order valence-corrected chi connectivity index (χ2v) is 4.83. The van der Waals surface area contributed by atoms with Gasteiger partial charge in [-0.1, -0.05) is 12.1 Å². The number of carbonyl (C=O) groups is 2. The summed E-state index contributed by atoms with van der Waals surface area (Å²) in [4.78, 5) is 28.4. The number of hydrogen-bond donors (Lipinski definition) is 0. The number of amides is 1. The molecule has 0 spiro atoms. The molecule has 1 aromatic rings. The van der Waals surface area contributed by atoms with Gasteiger partial charge in [0.2, 0.25) is 5.91 Å². The minimum absolute atomic E-state index is 0.0209. The normalized spacial score (nSPS) is 13.2. The molecule has 0 heterocycles. The Labute approximate surface area is 113 Å². The molecule has 1 amide bonds. The molecule has 0 aliphatic heterocycles. The Morgan fingerprint density at radius 1 is 1.21 bits per heavy atom. The lowest BCUT2D eigenvalue weighted by Gasteiger charge is -2.13. The van der Waals surface area contributed by atoms with E-state index in [0.717, 1.165) is 17.9 Å². The summed E-state index contributed by atoms with van der Waals surface area (Å²) in [6, 6.07) is 5.89. The number of fused-ring (bicyclic) bond motifs is 1. The number of Topliss-reactive ketones (excluding diaryl/α,β-unsaturated/α-hetero) is 1. The molecule has 102 valence electrons. The maximum Gasteiger partial charge on any atom is 0.246 e. The fraction of sp³-hybridized carbons (Fsp3) is 0.467.